The Bertz CT molecular complexity index is 691. The van der Waals surface area contributed by atoms with Crippen LogP contribution < -0.4 is 0 Å². The van der Waals surface area contributed by atoms with E-state index in [0.717, 1.165) is 49.0 Å². The van der Waals surface area contributed by atoms with Crippen molar-refractivity contribution < 1.29 is 24.2 Å². The number of aliphatic hydroxyl groups excluding tert-OH is 1. The van der Waals surface area contributed by atoms with Gasteiger partial charge in [0.15, 0.2) is 6.10 Å². The average molecular weight is 687 g/mol. The predicted octanol–water partition coefficient (Wildman–Crippen LogP) is 12.3. The second-order valence-electron chi connectivity index (χ2n) is 13.8. The minimum absolute atomic E-state index is 0.0581. The lowest BCUT2D eigenvalue weighted by Crippen LogP contribution is -2.28. The maximum atomic E-state index is 12.2. The summed E-state index contributed by atoms with van der Waals surface area (Å²) in [4.78, 5) is 24.4. The molecule has 0 bridgehead atoms. The molecule has 0 aromatic heterocycles. The Morgan fingerprint density at radius 3 is 1.41 bits per heavy atom. The summed E-state index contributed by atoms with van der Waals surface area (Å²) < 4.78 is 10.6. The van der Waals surface area contributed by atoms with Gasteiger partial charge in [0, 0.05) is 23.3 Å². The Morgan fingerprint density at radius 2 is 0.978 bits per heavy atom. The quantitative estimate of drug-likeness (QED) is 0.132. The third-order valence-electron chi connectivity index (χ3n) is 9.33. The van der Waals surface area contributed by atoms with E-state index < -0.39 is 6.10 Å². The molecule has 272 valence electrons. The lowest BCUT2D eigenvalue weighted by atomic mass is 10.0. The summed E-state index contributed by atoms with van der Waals surface area (Å²) in [7, 11) is 4.51. The van der Waals surface area contributed by atoms with Crippen molar-refractivity contribution in [2.75, 3.05) is 13.2 Å². The molecule has 1 fully saturated rings. The van der Waals surface area contributed by atoms with Gasteiger partial charge in [-0.25, -0.2) is 0 Å². The molecule has 0 saturated carbocycles. The maximum Gasteiger partial charge on any atom is 0.306 e. The van der Waals surface area contributed by atoms with Crippen LogP contribution in [0.15, 0.2) is 0 Å². The van der Waals surface area contributed by atoms with Crippen LogP contribution in [0.1, 0.15) is 206 Å². The Hall–Kier alpha value is -0.400. The number of ether oxygens (including phenoxy) is 2. The summed E-state index contributed by atoms with van der Waals surface area (Å²) >= 11 is 0. The fourth-order valence-electron chi connectivity index (χ4n) is 6.27. The fourth-order valence-corrected chi connectivity index (χ4v) is 9.73. The van der Waals surface area contributed by atoms with Crippen molar-refractivity contribution in [3.63, 3.8) is 0 Å². The van der Waals surface area contributed by atoms with Crippen LogP contribution in [0.5, 0.6) is 0 Å². The van der Waals surface area contributed by atoms with Gasteiger partial charge in [0.05, 0.1) is 6.61 Å². The molecule has 1 aliphatic heterocycles. The highest BCUT2D eigenvalue weighted by Gasteiger charge is 2.17. The topological polar surface area (TPSA) is 72.8 Å². The molecule has 0 aromatic rings. The average Bonchev–Trinajstić information content (AvgIpc) is 3.05. The molecule has 1 saturated heterocycles. The highest BCUT2D eigenvalue weighted by atomic mass is 33.1. The number of hydrogen-bond donors (Lipinski definition) is 1. The van der Waals surface area contributed by atoms with Crippen molar-refractivity contribution in [3.8, 4) is 0 Å². The normalized spacial score (nSPS) is 24.5. The van der Waals surface area contributed by atoms with Crippen LogP contribution in [0.4, 0.5) is 0 Å². The number of esters is 2. The van der Waals surface area contributed by atoms with E-state index in [1.807, 2.05) is 0 Å². The summed E-state index contributed by atoms with van der Waals surface area (Å²) in [6.45, 7) is 4.25. The molecule has 1 rings (SSSR count). The standard InChI is InChI=1S/C39H74O5S2/c1-3-5-7-21-27-36-29-23-17-13-9-11-15-19-25-31-38(41)43-34-35(33-40)44-39(42)32-26-20-16-12-10-14-18-24-30-37(46-45-36)28-22-8-6-4-2/h35-37,40H,3-34H2,1-2H3. The lowest BCUT2D eigenvalue weighted by Gasteiger charge is -2.21. The minimum atomic E-state index is -0.763. The maximum absolute atomic E-state index is 12.2. The van der Waals surface area contributed by atoms with Gasteiger partial charge in [-0.1, -0.05) is 177 Å². The Kier molecular flexibility index (Phi) is 31.4. The molecule has 1 N–H and O–H groups in total. The van der Waals surface area contributed by atoms with Crippen LogP contribution in [0, 0.1) is 0 Å². The molecular weight excluding hydrogens is 613 g/mol. The van der Waals surface area contributed by atoms with E-state index in [0.29, 0.717) is 12.8 Å². The third kappa shape index (κ3) is 27.5. The molecule has 46 heavy (non-hydrogen) atoms. The largest absolute Gasteiger partial charge is 0.462 e. The van der Waals surface area contributed by atoms with E-state index >= 15 is 0 Å². The number of aliphatic hydroxyl groups is 1. The number of carbonyl (C=O) groups is 2. The molecule has 1 aliphatic rings. The van der Waals surface area contributed by atoms with Gasteiger partial charge in [0.1, 0.15) is 6.61 Å². The first-order chi connectivity index (χ1) is 22.6. The smallest absolute Gasteiger partial charge is 0.306 e. The van der Waals surface area contributed by atoms with Gasteiger partial charge in [-0.15, -0.1) is 0 Å². The summed E-state index contributed by atoms with van der Waals surface area (Å²) in [5.41, 5.74) is 0. The van der Waals surface area contributed by atoms with E-state index in [1.165, 1.54) is 141 Å². The first-order valence-electron chi connectivity index (χ1n) is 19.9. The Morgan fingerprint density at radius 1 is 0.565 bits per heavy atom. The molecule has 1 heterocycles. The van der Waals surface area contributed by atoms with E-state index in [2.05, 4.69) is 35.4 Å². The van der Waals surface area contributed by atoms with Gasteiger partial charge in [-0.3, -0.25) is 9.59 Å². The van der Waals surface area contributed by atoms with Crippen molar-refractivity contribution in [2.24, 2.45) is 0 Å². The highest BCUT2D eigenvalue weighted by molar-refractivity contribution is 8.77. The van der Waals surface area contributed by atoms with Gasteiger partial charge in [-0.05, 0) is 38.5 Å². The van der Waals surface area contributed by atoms with Crippen molar-refractivity contribution in [1.82, 2.24) is 0 Å². The Labute approximate surface area is 293 Å². The van der Waals surface area contributed by atoms with Gasteiger partial charge in [-0.2, -0.15) is 0 Å². The molecule has 7 heteroatoms. The molecule has 5 nitrogen and oxygen atoms in total. The zero-order valence-electron chi connectivity index (χ0n) is 30.3. The SMILES string of the molecule is CCCCCCC1CCCCCCCCCCC(=O)OCC(CO)OC(=O)CCCCCCCCCCC(CCCCCC)SS1. The number of carbonyl (C=O) groups excluding carboxylic acids is 2. The summed E-state index contributed by atoms with van der Waals surface area (Å²) in [5, 5.41) is 11.2. The van der Waals surface area contributed by atoms with E-state index in [1.54, 1.807) is 0 Å². The van der Waals surface area contributed by atoms with Gasteiger partial charge >= 0.3 is 11.9 Å². The monoisotopic (exact) mass is 686 g/mol. The second kappa shape index (κ2) is 33.1. The van der Waals surface area contributed by atoms with Gasteiger partial charge in [0.25, 0.3) is 0 Å². The van der Waals surface area contributed by atoms with Crippen LogP contribution in [0.25, 0.3) is 0 Å². The third-order valence-corrected chi connectivity index (χ3v) is 12.9. The summed E-state index contributed by atoms with van der Waals surface area (Å²) in [6, 6.07) is 0. The molecule has 0 aliphatic carbocycles. The van der Waals surface area contributed by atoms with Gasteiger partial charge in [0.2, 0.25) is 0 Å². The van der Waals surface area contributed by atoms with E-state index in [9.17, 15) is 14.7 Å². The first kappa shape index (κ1) is 43.6. The van der Waals surface area contributed by atoms with Crippen LogP contribution >= 0.6 is 21.6 Å². The number of unbranched alkanes of at least 4 members (excludes halogenated alkanes) is 6. The van der Waals surface area contributed by atoms with E-state index in [-0.39, 0.29) is 25.2 Å². The first-order valence-corrected chi connectivity index (χ1v) is 22.1. The van der Waals surface area contributed by atoms with Crippen molar-refractivity contribution in [1.29, 1.82) is 0 Å². The van der Waals surface area contributed by atoms with Crippen LogP contribution in [0.3, 0.4) is 0 Å². The lowest BCUT2D eigenvalue weighted by molar-refractivity contribution is -0.161. The minimum Gasteiger partial charge on any atom is -0.462 e. The van der Waals surface area contributed by atoms with Crippen LogP contribution in [-0.2, 0) is 19.1 Å². The molecule has 0 amide bonds. The molecular formula is C39H74O5S2. The zero-order valence-corrected chi connectivity index (χ0v) is 31.9. The molecule has 0 spiro atoms. The van der Waals surface area contributed by atoms with Crippen molar-refractivity contribution >= 4 is 33.5 Å². The highest BCUT2D eigenvalue weighted by Crippen LogP contribution is 2.40. The molecule has 0 aromatic carbocycles. The number of rotatable bonds is 11. The van der Waals surface area contributed by atoms with E-state index in [4.69, 9.17) is 9.47 Å². The predicted molar refractivity (Wildman–Crippen MR) is 201 cm³/mol. The summed E-state index contributed by atoms with van der Waals surface area (Å²) in [5.74, 6) is -0.574. The zero-order chi connectivity index (χ0) is 33.3. The second-order valence-corrected chi connectivity index (χ2v) is 16.7. The van der Waals surface area contributed by atoms with Crippen molar-refractivity contribution in [2.45, 2.75) is 223 Å². The van der Waals surface area contributed by atoms with Gasteiger partial charge < -0.3 is 14.6 Å². The molecule has 0 radical (unpaired) electrons. The molecule has 3 unspecified atom stereocenters. The Balaban J connectivity index is 2.60. The molecule has 3 atom stereocenters. The number of hydrogen-bond acceptors (Lipinski definition) is 7. The number of cyclic esters (lactones) is 2. The van der Waals surface area contributed by atoms with Crippen molar-refractivity contribution in [3.05, 3.63) is 0 Å². The fraction of sp³-hybridized carbons (Fsp3) is 0.949. The van der Waals surface area contributed by atoms with Crippen LogP contribution in [-0.4, -0.2) is 46.9 Å². The summed E-state index contributed by atoms with van der Waals surface area (Å²) in [6.07, 6.45) is 35.6. The van der Waals surface area contributed by atoms with Crippen LogP contribution in [0.2, 0.25) is 0 Å².